The third kappa shape index (κ3) is 5.81. The number of hydrogen-bond acceptors (Lipinski definition) is 5. The zero-order valence-corrected chi connectivity index (χ0v) is 22.5. The Balaban J connectivity index is 1.36. The number of urea groups is 1. The first-order valence-corrected chi connectivity index (χ1v) is 13.1. The number of rotatable bonds is 8. The molecule has 1 aromatic heterocycles. The summed E-state index contributed by atoms with van der Waals surface area (Å²) < 4.78 is 81.5. The van der Waals surface area contributed by atoms with Crippen molar-refractivity contribution in [2.75, 3.05) is 32.2 Å². The van der Waals surface area contributed by atoms with Gasteiger partial charge in [-0.05, 0) is 36.2 Å². The SMILES string of the molecule is COc1ccc([C@H]2C[C@@H]2NC(=O)NCC2C(=O)N(c3ncccc3C(F)(F)F)C[C@H]2c2c(F)cc(OC)cc2F)cc1. The number of carbonyl (C=O) groups excluding carboxylic acids is 2. The summed E-state index contributed by atoms with van der Waals surface area (Å²) in [4.78, 5) is 30.8. The zero-order valence-electron chi connectivity index (χ0n) is 22.5. The van der Waals surface area contributed by atoms with Gasteiger partial charge in [-0.3, -0.25) is 9.69 Å². The average Bonchev–Trinajstić information content (AvgIpc) is 3.65. The molecule has 5 rings (SSSR count). The molecule has 2 heterocycles. The van der Waals surface area contributed by atoms with Crippen molar-refractivity contribution < 1.29 is 41.0 Å². The minimum atomic E-state index is -4.84. The maximum absolute atomic E-state index is 15.1. The van der Waals surface area contributed by atoms with Crippen LogP contribution in [0.4, 0.5) is 32.6 Å². The van der Waals surface area contributed by atoms with Crippen LogP contribution in [-0.2, 0) is 11.0 Å². The average molecular weight is 591 g/mol. The lowest BCUT2D eigenvalue weighted by Gasteiger charge is -2.20. The molecule has 13 heteroatoms. The summed E-state index contributed by atoms with van der Waals surface area (Å²) in [6, 6.07) is 10.3. The van der Waals surface area contributed by atoms with Crippen LogP contribution >= 0.6 is 0 Å². The maximum atomic E-state index is 15.1. The molecule has 4 atom stereocenters. The van der Waals surface area contributed by atoms with E-state index in [1.807, 2.05) is 24.3 Å². The third-order valence-electron chi connectivity index (χ3n) is 7.59. The Bertz CT molecular complexity index is 1460. The second-order valence-electron chi connectivity index (χ2n) is 10.1. The van der Waals surface area contributed by atoms with Crippen molar-refractivity contribution in [2.45, 2.75) is 30.5 Å². The molecule has 1 aliphatic heterocycles. The molecule has 2 aliphatic rings. The van der Waals surface area contributed by atoms with Crippen LogP contribution in [0.25, 0.3) is 0 Å². The minimum absolute atomic E-state index is 0.0745. The Morgan fingerprint density at radius 1 is 1.02 bits per heavy atom. The van der Waals surface area contributed by atoms with Gasteiger partial charge in [0, 0.05) is 54.9 Å². The number of benzene rings is 2. The van der Waals surface area contributed by atoms with Gasteiger partial charge in [0.15, 0.2) is 0 Å². The van der Waals surface area contributed by atoms with Gasteiger partial charge in [0.25, 0.3) is 0 Å². The number of anilines is 1. The molecule has 2 fully saturated rings. The highest BCUT2D eigenvalue weighted by molar-refractivity contribution is 5.98. The van der Waals surface area contributed by atoms with Gasteiger partial charge >= 0.3 is 12.2 Å². The van der Waals surface area contributed by atoms with Crippen molar-refractivity contribution in [1.82, 2.24) is 15.6 Å². The fraction of sp³-hybridized carbons (Fsp3) is 0.345. The number of nitrogens with one attached hydrogen (secondary N) is 2. The number of aromatic nitrogens is 1. The fourth-order valence-electron chi connectivity index (χ4n) is 5.36. The lowest BCUT2D eigenvalue weighted by Crippen LogP contribution is -2.42. The zero-order chi connectivity index (χ0) is 30.2. The number of nitrogens with zero attached hydrogens (tertiary/aromatic N) is 2. The van der Waals surface area contributed by atoms with Crippen LogP contribution in [0.15, 0.2) is 54.7 Å². The molecule has 2 N–H and O–H groups in total. The van der Waals surface area contributed by atoms with Gasteiger partial charge in [-0.25, -0.2) is 18.6 Å². The highest BCUT2D eigenvalue weighted by Crippen LogP contribution is 2.43. The van der Waals surface area contributed by atoms with Crippen molar-refractivity contribution in [3.8, 4) is 11.5 Å². The van der Waals surface area contributed by atoms with E-state index in [9.17, 15) is 22.8 Å². The minimum Gasteiger partial charge on any atom is -0.497 e. The van der Waals surface area contributed by atoms with Gasteiger partial charge in [-0.1, -0.05) is 12.1 Å². The van der Waals surface area contributed by atoms with Crippen LogP contribution < -0.4 is 25.0 Å². The molecule has 0 bridgehead atoms. The second-order valence-corrected chi connectivity index (χ2v) is 10.1. The van der Waals surface area contributed by atoms with Crippen molar-refractivity contribution in [2.24, 2.45) is 5.92 Å². The molecule has 3 amide bonds. The van der Waals surface area contributed by atoms with Crippen molar-refractivity contribution in [3.05, 3.63) is 83.1 Å². The normalized spacial score (nSPS) is 21.7. The molecule has 1 aliphatic carbocycles. The summed E-state index contributed by atoms with van der Waals surface area (Å²) in [7, 11) is 2.78. The summed E-state index contributed by atoms with van der Waals surface area (Å²) in [5.74, 6) is -5.45. The number of amides is 3. The van der Waals surface area contributed by atoms with Gasteiger partial charge < -0.3 is 20.1 Å². The van der Waals surface area contributed by atoms with E-state index in [0.717, 1.165) is 40.9 Å². The first-order valence-electron chi connectivity index (χ1n) is 13.1. The number of halogens is 5. The Kier molecular flexibility index (Phi) is 7.93. The van der Waals surface area contributed by atoms with Crippen LogP contribution in [-0.4, -0.2) is 50.3 Å². The molecule has 0 spiro atoms. The molecular formula is C29H27F5N4O4. The van der Waals surface area contributed by atoms with Crippen LogP contribution in [0.3, 0.4) is 0 Å². The predicted molar refractivity (Wildman–Crippen MR) is 141 cm³/mol. The van der Waals surface area contributed by atoms with E-state index >= 15 is 8.78 Å². The number of carbonyl (C=O) groups is 2. The van der Waals surface area contributed by atoms with E-state index in [4.69, 9.17) is 9.47 Å². The molecule has 3 aromatic rings. The van der Waals surface area contributed by atoms with Crippen LogP contribution in [0.2, 0.25) is 0 Å². The second kappa shape index (κ2) is 11.5. The van der Waals surface area contributed by atoms with Crippen molar-refractivity contribution in [1.29, 1.82) is 0 Å². The van der Waals surface area contributed by atoms with Gasteiger partial charge in [-0.15, -0.1) is 0 Å². The highest BCUT2D eigenvalue weighted by atomic mass is 19.4. The van der Waals surface area contributed by atoms with Gasteiger partial charge in [0.2, 0.25) is 5.91 Å². The Labute approximate surface area is 237 Å². The fourth-order valence-corrected chi connectivity index (χ4v) is 5.36. The lowest BCUT2D eigenvalue weighted by atomic mass is 9.87. The van der Waals surface area contributed by atoms with Crippen molar-refractivity contribution in [3.63, 3.8) is 0 Å². The van der Waals surface area contributed by atoms with Crippen LogP contribution in [0, 0.1) is 17.6 Å². The molecule has 1 unspecified atom stereocenters. The van der Waals surface area contributed by atoms with E-state index in [1.165, 1.54) is 7.11 Å². The molecule has 1 saturated heterocycles. The molecule has 2 aromatic carbocycles. The Morgan fingerprint density at radius 2 is 1.69 bits per heavy atom. The largest absolute Gasteiger partial charge is 0.497 e. The third-order valence-corrected chi connectivity index (χ3v) is 7.59. The number of methoxy groups -OCH3 is 2. The standard InChI is InChI=1S/C29H27F5N4O4/c1-41-16-7-5-15(6-8-16)18-12-24(18)37-28(40)36-13-19-20(25-22(30)10-17(42-2)11-23(25)31)14-38(27(19)39)26-21(29(32,33)34)4-3-9-35-26/h3-11,18-20,24H,12-14H2,1-2H3,(H2,36,37,40)/t18-,19?,20-,24+/m1/s1. The first kappa shape index (κ1) is 29.1. The summed E-state index contributed by atoms with van der Waals surface area (Å²) in [6.45, 7) is -0.875. The predicted octanol–water partition coefficient (Wildman–Crippen LogP) is 5.00. The molecular weight excluding hydrogens is 563 g/mol. The lowest BCUT2D eigenvalue weighted by molar-refractivity contribution is -0.137. The van der Waals surface area contributed by atoms with E-state index in [2.05, 4.69) is 15.6 Å². The summed E-state index contributed by atoms with van der Waals surface area (Å²) >= 11 is 0. The molecule has 222 valence electrons. The van der Waals surface area contributed by atoms with Gasteiger partial charge in [-0.2, -0.15) is 13.2 Å². The highest BCUT2D eigenvalue weighted by Gasteiger charge is 2.47. The Morgan fingerprint density at radius 3 is 2.31 bits per heavy atom. The van der Waals surface area contributed by atoms with E-state index in [0.29, 0.717) is 12.2 Å². The quantitative estimate of drug-likeness (QED) is 0.361. The van der Waals surface area contributed by atoms with Crippen LogP contribution in [0.1, 0.15) is 34.9 Å². The smallest absolute Gasteiger partial charge is 0.419 e. The molecule has 1 saturated carbocycles. The van der Waals surface area contributed by atoms with Gasteiger partial charge in [0.05, 0.1) is 25.7 Å². The van der Waals surface area contributed by atoms with E-state index < -0.39 is 65.1 Å². The molecule has 8 nitrogen and oxygen atoms in total. The maximum Gasteiger partial charge on any atom is 0.419 e. The number of hydrogen-bond donors (Lipinski definition) is 2. The number of alkyl halides is 3. The first-order chi connectivity index (χ1) is 20.0. The molecule has 0 radical (unpaired) electrons. The van der Waals surface area contributed by atoms with Gasteiger partial charge in [0.1, 0.15) is 29.0 Å². The number of ether oxygens (including phenoxy) is 2. The summed E-state index contributed by atoms with van der Waals surface area (Å²) in [5.41, 5.74) is -0.661. The topological polar surface area (TPSA) is 92.8 Å². The monoisotopic (exact) mass is 590 g/mol. The summed E-state index contributed by atoms with van der Waals surface area (Å²) in [6.07, 6.45) is -3.06. The number of pyridine rings is 1. The Hall–Kier alpha value is -4.42. The molecule has 42 heavy (non-hydrogen) atoms. The van der Waals surface area contributed by atoms with E-state index in [1.54, 1.807) is 7.11 Å². The van der Waals surface area contributed by atoms with Crippen molar-refractivity contribution >= 4 is 17.8 Å². The van der Waals surface area contributed by atoms with Crippen LogP contribution in [0.5, 0.6) is 11.5 Å². The summed E-state index contributed by atoms with van der Waals surface area (Å²) in [5, 5.41) is 5.37. The van der Waals surface area contributed by atoms with E-state index in [-0.39, 0.29) is 24.3 Å².